The van der Waals surface area contributed by atoms with Gasteiger partial charge in [0.2, 0.25) is 14.0 Å². The average molecular weight is 428 g/mol. The number of aliphatic hydroxyl groups excluding tert-OH is 2. The summed E-state index contributed by atoms with van der Waals surface area (Å²) in [4.78, 5) is 21.9. The lowest BCUT2D eigenvalue weighted by molar-refractivity contribution is -0.115. The van der Waals surface area contributed by atoms with Gasteiger partial charge in [0, 0.05) is 14.1 Å². The first-order valence-corrected chi connectivity index (χ1v) is 7.17. The predicted molar refractivity (Wildman–Crippen MR) is 84.0 cm³/mol. The lowest BCUT2D eigenvalue weighted by Gasteiger charge is -2.23. The molecule has 0 heterocycles. The summed E-state index contributed by atoms with van der Waals surface area (Å²) in [7, 11) is 3.38. The van der Waals surface area contributed by atoms with Crippen molar-refractivity contribution in [2.45, 2.75) is 20.0 Å². The summed E-state index contributed by atoms with van der Waals surface area (Å²) >= 11 is 31.5. The molecule has 13 heteroatoms. The Morgan fingerprint density at radius 1 is 1.00 bits per heavy atom. The van der Waals surface area contributed by atoms with E-state index in [0.717, 1.165) is 6.41 Å². The van der Waals surface area contributed by atoms with E-state index in [9.17, 15) is 9.59 Å². The number of carbonyl (C=O) groups excluding carboxylic acids is 2. The first-order chi connectivity index (χ1) is 9.21. The second-order valence-electron chi connectivity index (χ2n) is 3.58. The van der Waals surface area contributed by atoms with Gasteiger partial charge in [0.05, 0.1) is 0 Å². The minimum Gasteiger partial charge on any atom is -0.369 e. The molecule has 2 unspecified atom stereocenters. The molecule has 4 N–H and O–H groups in total. The highest BCUT2D eigenvalue weighted by atomic mass is 35.6. The molecule has 0 rings (SSSR count). The second kappa shape index (κ2) is 10.2. The molecule has 126 valence electrons. The molecule has 0 bridgehead atoms. The molecule has 0 aromatic rings. The molecule has 0 saturated heterocycles. The van der Waals surface area contributed by atoms with Gasteiger partial charge in [-0.25, -0.2) is 4.79 Å². The predicted octanol–water partition coefficient (Wildman–Crippen LogP) is 1.37. The highest BCUT2D eigenvalue weighted by Gasteiger charge is 2.35. The second-order valence-corrected chi connectivity index (χ2v) is 8.31. The van der Waals surface area contributed by atoms with Crippen LogP contribution in [-0.4, -0.2) is 61.7 Å². The highest BCUT2D eigenvalue weighted by Crippen LogP contribution is 2.30. The summed E-state index contributed by atoms with van der Waals surface area (Å²) in [5.41, 5.74) is 0. The van der Waals surface area contributed by atoms with E-state index in [0.29, 0.717) is 0 Å². The number of rotatable bonds is 3. The van der Waals surface area contributed by atoms with Crippen LogP contribution in [0, 0.1) is 0 Å². The molecule has 0 aliphatic rings. The first kappa shape index (κ1) is 23.7. The number of nitrogens with zero attached hydrogens (tertiary/aromatic N) is 1. The number of alkyl halides is 6. The zero-order chi connectivity index (χ0) is 17.4. The number of carbonyl (C=O) groups is 2. The molecule has 21 heavy (non-hydrogen) atoms. The zero-order valence-corrected chi connectivity index (χ0v) is 15.2. The van der Waals surface area contributed by atoms with Crippen molar-refractivity contribution >= 4 is 82.0 Å². The third-order valence-corrected chi connectivity index (χ3v) is 2.61. The Kier molecular flexibility index (Phi) is 11.5. The standard InChI is InChI=1S/C5H6Cl6N2O3.C3H7NO/c6-4(7,8)1(14)12-3(16)13-2(15)5(9,10)11;1-4(2)3-5/h1-2,14-15H,(H2,12,13,16);3H,1-2H3. The lowest BCUT2D eigenvalue weighted by Crippen LogP contribution is -2.53. The minimum absolute atomic E-state index is 0.750. The quantitative estimate of drug-likeness (QED) is 0.310. The molecule has 0 spiro atoms. The Morgan fingerprint density at radius 3 is 1.38 bits per heavy atom. The maximum absolute atomic E-state index is 11.1. The van der Waals surface area contributed by atoms with Gasteiger partial charge in [0.1, 0.15) is 0 Å². The molecule has 0 aliphatic heterocycles. The molecular weight excluding hydrogens is 415 g/mol. The number of urea groups is 1. The van der Waals surface area contributed by atoms with Crippen LogP contribution in [0.2, 0.25) is 0 Å². The van der Waals surface area contributed by atoms with Crippen molar-refractivity contribution in [3.8, 4) is 0 Å². The number of hydrogen-bond acceptors (Lipinski definition) is 4. The first-order valence-electron chi connectivity index (χ1n) is 4.90. The van der Waals surface area contributed by atoms with E-state index in [4.69, 9.17) is 79.8 Å². The molecule has 0 aromatic heterocycles. The summed E-state index contributed by atoms with van der Waals surface area (Å²) in [5, 5.41) is 21.8. The van der Waals surface area contributed by atoms with Gasteiger partial charge in [-0.15, -0.1) is 0 Å². The van der Waals surface area contributed by atoms with Crippen molar-refractivity contribution in [1.29, 1.82) is 0 Å². The van der Waals surface area contributed by atoms with Crippen molar-refractivity contribution in [3.05, 3.63) is 0 Å². The van der Waals surface area contributed by atoms with Crippen molar-refractivity contribution in [2.24, 2.45) is 0 Å². The third-order valence-electron chi connectivity index (χ3n) is 1.37. The molecule has 0 fully saturated rings. The van der Waals surface area contributed by atoms with Crippen LogP contribution in [0.5, 0.6) is 0 Å². The summed E-state index contributed by atoms with van der Waals surface area (Å²) in [6.45, 7) is 0. The molecule has 0 aliphatic carbocycles. The summed E-state index contributed by atoms with van der Waals surface area (Å²) < 4.78 is -4.25. The van der Waals surface area contributed by atoms with Gasteiger partial charge >= 0.3 is 6.03 Å². The molecule has 0 radical (unpaired) electrons. The fourth-order valence-electron chi connectivity index (χ4n) is 0.454. The maximum atomic E-state index is 11.1. The molecule has 2 atom stereocenters. The van der Waals surface area contributed by atoms with Gasteiger partial charge in [-0.1, -0.05) is 69.6 Å². The molecule has 7 nitrogen and oxygen atoms in total. The number of hydrogen-bond donors (Lipinski definition) is 4. The number of aliphatic hydroxyl groups is 2. The van der Waals surface area contributed by atoms with Crippen molar-refractivity contribution in [3.63, 3.8) is 0 Å². The van der Waals surface area contributed by atoms with Crippen LogP contribution in [0.4, 0.5) is 4.79 Å². The van der Waals surface area contributed by atoms with Crippen LogP contribution >= 0.6 is 69.6 Å². The molecule has 3 amide bonds. The number of nitrogens with one attached hydrogen (secondary N) is 2. The fraction of sp³-hybridized carbons (Fsp3) is 0.750. The van der Waals surface area contributed by atoms with E-state index in [-0.39, 0.29) is 0 Å². The van der Waals surface area contributed by atoms with Crippen LogP contribution < -0.4 is 10.6 Å². The molecule has 0 aromatic carbocycles. The van der Waals surface area contributed by atoms with Crippen LogP contribution in [0.1, 0.15) is 0 Å². The van der Waals surface area contributed by atoms with Crippen LogP contribution in [0.15, 0.2) is 0 Å². The van der Waals surface area contributed by atoms with Crippen LogP contribution in [0.3, 0.4) is 0 Å². The van der Waals surface area contributed by atoms with Gasteiger partial charge in [-0.2, -0.15) is 0 Å². The average Bonchev–Trinajstić information content (AvgIpc) is 2.26. The van der Waals surface area contributed by atoms with Gasteiger partial charge in [-0.05, 0) is 0 Å². The topological polar surface area (TPSA) is 102 Å². The Labute approximate surface area is 151 Å². The molecular formula is C8H13Cl6N3O4. The fourth-order valence-corrected chi connectivity index (χ4v) is 0.781. The van der Waals surface area contributed by atoms with E-state index in [1.807, 2.05) is 0 Å². The zero-order valence-electron chi connectivity index (χ0n) is 10.7. The van der Waals surface area contributed by atoms with E-state index in [2.05, 4.69) is 0 Å². The number of amides is 3. The summed E-state index contributed by atoms with van der Waals surface area (Å²) in [5.74, 6) is 0. The maximum Gasteiger partial charge on any atom is 0.319 e. The highest BCUT2D eigenvalue weighted by molar-refractivity contribution is 6.68. The monoisotopic (exact) mass is 425 g/mol. The van der Waals surface area contributed by atoms with Crippen LogP contribution in [0.25, 0.3) is 0 Å². The van der Waals surface area contributed by atoms with Gasteiger partial charge in [0.25, 0.3) is 0 Å². The van der Waals surface area contributed by atoms with Gasteiger partial charge in [0.15, 0.2) is 12.5 Å². The van der Waals surface area contributed by atoms with Crippen molar-refractivity contribution < 1.29 is 19.8 Å². The summed E-state index contributed by atoms with van der Waals surface area (Å²) in [6, 6.07) is -1.09. The SMILES string of the molecule is CN(C)C=O.O=C(NC(O)C(Cl)(Cl)Cl)NC(O)C(Cl)(Cl)Cl. The van der Waals surface area contributed by atoms with Crippen molar-refractivity contribution in [1.82, 2.24) is 15.5 Å². The van der Waals surface area contributed by atoms with Gasteiger partial charge in [-0.3, -0.25) is 4.79 Å². The Bertz CT molecular complexity index is 309. The Hall–Kier alpha value is 0.400. The van der Waals surface area contributed by atoms with E-state index in [1.54, 1.807) is 24.7 Å². The summed E-state index contributed by atoms with van der Waals surface area (Å²) in [6.07, 6.45) is -2.83. The molecule has 0 saturated carbocycles. The Morgan fingerprint density at radius 2 is 1.24 bits per heavy atom. The normalized spacial score (nSPS) is 14.2. The largest absolute Gasteiger partial charge is 0.369 e. The van der Waals surface area contributed by atoms with Gasteiger partial charge < -0.3 is 25.7 Å². The number of halogens is 6. The van der Waals surface area contributed by atoms with E-state index >= 15 is 0 Å². The Balaban J connectivity index is 0. The van der Waals surface area contributed by atoms with Crippen LogP contribution in [-0.2, 0) is 4.79 Å². The minimum atomic E-state index is -2.12. The third kappa shape index (κ3) is 13.8. The lowest BCUT2D eigenvalue weighted by atomic mass is 10.6. The smallest absolute Gasteiger partial charge is 0.319 e. The van der Waals surface area contributed by atoms with Crippen molar-refractivity contribution in [2.75, 3.05) is 14.1 Å². The van der Waals surface area contributed by atoms with E-state index in [1.165, 1.54) is 4.90 Å². The van der Waals surface area contributed by atoms with E-state index < -0.39 is 26.1 Å².